The van der Waals surface area contributed by atoms with E-state index in [9.17, 15) is 5.11 Å². The molecule has 0 saturated carbocycles. The normalized spacial score (nSPS) is 12.2. The molecule has 5 aromatic rings. The molecule has 0 unspecified atom stereocenters. The molecule has 3 aromatic heterocycles. The van der Waals surface area contributed by atoms with Gasteiger partial charge < -0.3 is 13.9 Å². The Morgan fingerprint density at radius 1 is 0.810 bits per heavy atom. The average Bonchev–Trinajstić information content (AvgIpc) is 3.05. The molecule has 2 aromatic carbocycles. The molecule has 4 heteroatoms. The Balaban J connectivity index is 1.97. The van der Waals surface area contributed by atoms with Crippen LogP contribution in [0.4, 0.5) is 0 Å². The molecule has 0 fully saturated rings. The fourth-order valence-electron chi connectivity index (χ4n) is 2.96. The van der Waals surface area contributed by atoms with Crippen molar-refractivity contribution < 1.29 is 13.9 Å². The number of furan rings is 2. The molecule has 0 spiro atoms. The van der Waals surface area contributed by atoms with Gasteiger partial charge in [-0.25, -0.2) is 0 Å². The molecule has 0 bridgehead atoms. The van der Waals surface area contributed by atoms with E-state index in [1.807, 2.05) is 13.0 Å². The van der Waals surface area contributed by atoms with Crippen molar-refractivity contribution in [2.75, 3.05) is 0 Å². The van der Waals surface area contributed by atoms with E-state index in [2.05, 4.69) is 24.3 Å². The first kappa shape index (κ1) is 11.2. The van der Waals surface area contributed by atoms with Gasteiger partial charge >= 0.3 is 0 Å². The molecule has 0 aliphatic carbocycles. The molecule has 0 amide bonds. The predicted molar refractivity (Wildman–Crippen MR) is 85.3 cm³/mol. The van der Waals surface area contributed by atoms with Crippen molar-refractivity contribution in [1.82, 2.24) is 0 Å². The van der Waals surface area contributed by atoms with Crippen LogP contribution in [-0.4, -0.2) is 5.11 Å². The smallest absolute Gasteiger partial charge is 0.282 e. The van der Waals surface area contributed by atoms with Crippen molar-refractivity contribution in [3.8, 4) is 5.95 Å². The summed E-state index contributed by atoms with van der Waals surface area (Å²) in [6.45, 7) is 1.96. The number of benzene rings is 2. The summed E-state index contributed by atoms with van der Waals surface area (Å²) in [5.74, 6) is 0.883. The van der Waals surface area contributed by atoms with Crippen LogP contribution in [0.3, 0.4) is 0 Å². The summed E-state index contributed by atoms with van der Waals surface area (Å²) in [4.78, 5) is 0. The Kier molecular flexibility index (Phi) is 1.92. The summed E-state index contributed by atoms with van der Waals surface area (Å²) >= 11 is 1.71. The maximum atomic E-state index is 9.48. The summed E-state index contributed by atoms with van der Waals surface area (Å²) < 4.78 is 13.3. The molecule has 0 atom stereocenters. The Hall–Kier alpha value is -2.46. The molecular weight excluding hydrogens is 284 g/mol. The highest BCUT2D eigenvalue weighted by atomic mass is 32.1. The Morgan fingerprint density at radius 2 is 1.43 bits per heavy atom. The van der Waals surface area contributed by atoms with Gasteiger partial charge in [0.05, 0.1) is 0 Å². The number of aromatic hydroxyl groups is 1. The molecular formula is C17H10O3S. The van der Waals surface area contributed by atoms with Crippen molar-refractivity contribution in [2.45, 2.75) is 6.92 Å². The summed E-state index contributed by atoms with van der Waals surface area (Å²) in [5, 5.41) is 13.9. The maximum absolute atomic E-state index is 9.48. The van der Waals surface area contributed by atoms with E-state index >= 15 is 0 Å². The number of rotatable bonds is 0. The van der Waals surface area contributed by atoms with Gasteiger partial charge in [0.1, 0.15) is 16.9 Å². The molecule has 5 rings (SSSR count). The molecule has 3 nitrogen and oxygen atoms in total. The average molecular weight is 294 g/mol. The van der Waals surface area contributed by atoms with Crippen molar-refractivity contribution in [3.63, 3.8) is 0 Å². The Morgan fingerprint density at radius 3 is 2.14 bits per heavy atom. The second-order valence-corrected chi connectivity index (χ2v) is 6.40. The predicted octanol–water partition coefficient (Wildman–Crippen LogP) is 5.56. The van der Waals surface area contributed by atoms with E-state index in [4.69, 9.17) is 8.83 Å². The molecule has 21 heavy (non-hydrogen) atoms. The van der Waals surface area contributed by atoms with Crippen molar-refractivity contribution in [1.29, 1.82) is 0 Å². The van der Waals surface area contributed by atoms with Gasteiger partial charge in [-0.2, -0.15) is 0 Å². The van der Waals surface area contributed by atoms with Crippen molar-refractivity contribution in [2.24, 2.45) is 0 Å². The number of thiophene rings is 1. The van der Waals surface area contributed by atoms with E-state index < -0.39 is 0 Å². The van der Waals surface area contributed by atoms with E-state index in [0.717, 1.165) is 26.8 Å². The van der Waals surface area contributed by atoms with E-state index in [1.165, 1.54) is 15.5 Å². The quantitative estimate of drug-likeness (QED) is 0.406. The fourth-order valence-corrected chi connectivity index (χ4v) is 4.09. The SMILES string of the molecule is Cc1cc2cc3c(cc2o1)sc1cc2oc(O)cc2cc13. The van der Waals surface area contributed by atoms with E-state index in [-0.39, 0.29) is 5.95 Å². The molecule has 0 aliphatic rings. The Labute approximate surface area is 123 Å². The fraction of sp³-hybridized carbons (Fsp3) is 0.0588. The maximum Gasteiger partial charge on any atom is 0.282 e. The highest BCUT2D eigenvalue weighted by Gasteiger charge is 2.12. The molecule has 1 N–H and O–H groups in total. The third kappa shape index (κ3) is 1.48. The lowest BCUT2D eigenvalue weighted by Gasteiger charge is -1.93. The Bertz CT molecular complexity index is 1070. The van der Waals surface area contributed by atoms with Crippen LogP contribution in [0.25, 0.3) is 42.1 Å². The zero-order valence-electron chi connectivity index (χ0n) is 11.1. The molecule has 0 aliphatic heterocycles. The molecule has 3 heterocycles. The third-order valence-electron chi connectivity index (χ3n) is 3.86. The summed E-state index contributed by atoms with van der Waals surface area (Å²) in [6, 6.07) is 12.0. The summed E-state index contributed by atoms with van der Waals surface area (Å²) in [6.07, 6.45) is 0. The van der Waals surface area contributed by atoms with Gasteiger partial charge in [-0.05, 0) is 37.3 Å². The van der Waals surface area contributed by atoms with Crippen molar-refractivity contribution >= 4 is 53.4 Å². The third-order valence-corrected chi connectivity index (χ3v) is 4.97. The van der Waals surface area contributed by atoms with E-state index in [1.54, 1.807) is 17.4 Å². The summed E-state index contributed by atoms with van der Waals surface area (Å²) in [7, 11) is 0. The van der Waals surface area contributed by atoms with Gasteiger partial charge in [-0.3, -0.25) is 0 Å². The second kappa shape index (κ2) is 3.59. The first-order valence-electron chi connectivity index (χ1n) is 6.66. The topological polar surface area (TPSA) is 46.5 Å². The minimum Gasteiger partial charge on any atom is -0.481 e. The van der Waals surface area contributed by atoms with Crippen LogP contribution >= 0.6 is 11.3 Å². The standard InChI is InChI=1S/C17H10O3S/c1-8-2-9-3-11-12-4-10-5-17(18)20-14(10)7-16(12)21-15(11)6-13(9)19-8/h2-7,18H,1H3. The monoisotopic (exact) mass is 294 g/mol. The molecule has 102 valence electrons. The van der Waals surface area contributed by atoms with E-state index in [0.29, 0.717) is 5.58 Å². The van der Waals surface area contributed by atoms with Crippen LogP contribution in [0.15, 0.2) is 45.2 Å². The lowest BCUT2D eigenvalue weighted by Crippen LogP contribution is -1.68. The van der Waals surface area contributed by atoms with Crippen molar-refractivity contribution in [3.05, 3.63) is 42.2 Å². The van der Waals surface area contributed by atoms with Gasteiger partial charge in [0.15, 0.2) is 0 Å². The summed E-state index contributed by atoms with van der Waals surface area (Å²) in [5.41, 5.74) is 1.64. The minimum atomic E-state index is -0.0418. The second-order valence-electron chi connectivity index (χ2n) is 5.32. The van der Waals surface area contributed by atoms with Gasteiger partial charge in [0.2, 0.25) is 0 Å². The number of hydrogen-bond donors (Lipinski definition) is 1. The van der Waals surface area contributed by atoms with Gasteiger partial charge in [0.25, 0.3) is 5.95 Å². The van der Waals surface area contributed by atoms with Crippen LogP contribution < -0.4 is 0 Å². The van der Waals surface area contributed by atoms with Crippen LogP contribution in [0, 0.1) is 6.92 Å². The number of hydrogen-bond acceptors (Lipinski definition) is 4. The van der Waals surface area contributed by atoms with Crippen LogP contribution in [0.2, 0.25) is 0 Å². The first-order chi connectivity index (χ1) is 10.2. The lowest BCUT2D eigenvalue weighted by atomic mass is 10.1. The van der Waals surface area contributed by atoms with Gasteiger partial charge in [-0.1, -0.05) is 0 Å². The van der Waals surface area contributed by atoms with Crippen LogP contribution in [0.1, 0.15) is 5.76 Å². The van der Waals surface area contributed by atoms with Crippen LogP contribution in [0.5, 0.6) is 5.95 Å². The minimum absolute atomic E-state index is 0.0418. The van der Waals surface area contributed by atoms with Crippen LogP contribution in [-0.2, 0) is 0 Å². The number of fused-ring (bicyclic) bond motifs is 5. The van der Waals surface area contributed by atoms with Gasteiger partial charge in [0, 0.05) is 37.0 Å². The molecule has 0 radical (unpaired) electrons. The highest BCUT2D eigenvalue weighted by molar-refractivity contribution is 7.26. The highest BCUT2D eigenvalue weighted by Crippen LogP contribution is 2.40. The number of aryl methyl sites for hydroxylation is 1. The zero-order valence-corrected chi connectivity index (χ0v) is 12.0. The largest absolute Gasteiger partial charge is 0.481 e. The zero-order chi connectivity index (χ0) is 14.1. The van der Waals surface area contributed by atoms with Gasteiger partial charge in [-0.15, -0.1) is 11.3 Å². The lowest BCUT2D eigenvalue weighted by molar-refractivity contribution is 0.346. The molecule has 0 saturated heterocycles. The first-order valence-corrected chi connectivity index (χ1v) is 7.48.